The fourth-order valence-corrected chi connectivity index (χ4v) is 8.59. The molecule has 2 N–H and O–H groups in total. The Labute approximate surface area is 192 Å². The largest absolute Gasteiger partial charge is 0.348 e. The van der Waals surface area contributed by atoms with Crippen molar-refractivity contribution >= 4 is 71.0 Å². The minimum atomic E-state index is -3.10. The summed E-state index contributed by atoms with van der Waals surface area (Å²) in [7, 11) is -3.10. The number of fused-ring (bicyclic) bond motifs is 2. The number of thiophene rings is 2. The number of halogens is 1. The van der Waals surface area contributed by atoms with Crippen molar-refractivity contribution in [1.82, 2.24) is 5.32 Å². The summed E-state index contributed by atoms with van der Waals surface area (Å²) in [5.41, 5.74) is 1.42. The van der Waals surface area contributed by atoms with E-state index in [0.717, 1.165) is 39.8 Å². The predicted molar refractivity (Wildman–Crippen MR) is 126 cm³/mol. The van der Waals surface area contributed by atoms with Crippen LogP contribution in [0.4, 0.5) is 5.00 Å². The van der Waals surface area contributed by atoms with Crippen LogP contribution in [0.3, 0.4) is 0 Å². The first-order valence-electron chi connectivity index (χ1n) is 9.96. The molecule has 0 unspecified atom stereocenters. The molecular formula is C21H19ClN2O4S3. The van der Waals surface area contributed by atoms with Gasteiger partial charge >= 0.3 is 0 Å². The maximum atomic E-state index is 13.1. The number of amides is 2. The van der Waals surface area contributed by atoms with Crippen molar-refractivity contribution in [2.45, 2.75) is 31.7 Å². The average molecular weight is 495 g/mol. The number of anilines is 1. The van der Waals surface area contributed by atoms with E-state index >= 15 is 0 Å². The molecule has 162 valence electrons. The van der Waals surface area contributed by atoms with Gasteiger partial charge in [0.25, 0.3) is 11.8 Å². The third-order valence-corrected chi connectivity index (χ3v) is 10.3. The monoisotopic (exact) mass is 494 g/mol. The van der Waals surface area contributed by atoms with E-state index in [1.165, 1.54) is 22.7 Å². The zero-order valence-electron chi connectivity index (χ0n) is 16.4. The van der Waals surface area contributed by atoms with Crippen molar-refractivity contribution in [3.05, 3.63) is 50.2 Å². The highest BCUT2D eigenvalue weighted by molar-refractivity contribution is 7.91. The van der Waals surface area contributed by atoms with Crippen molar-refractivity contribution in [3.8, 4) is 0 Å². The smallest absolute Gasteiger partial charge is 0.267 e. The van der Waals surface area contributed by atoms with Crippen LogP contribution in [0.5, 0.6) is 0 Å². The van der Waals surface area contributed by atoms with E-state index in [-0.39, 0.29) is 23.3 Å². The molecule has 1 atom stereocenters. The maximum Gasteiger partial charge on any atom is 0.267 e. The number of rotatable bonds is 4. The summed E-state index contributed by atoms with van der Waals surface area (Å²) in [6, 6.07) is 7.16. The van der Waals surface area contributed by atoms with Crippen LogP contribution < -0.4 is 10.6 Å². The summed E-state index contributed by atoms with van der Waals surface area (Å²) in [4.78, 5) is 27.7. The van der Waals surface area contributed by atoms with E-state index in [1.807, 2.05) is 24.3 Å². The van der Waals surface area contributed by atoms with Crippen LogP contribution in [-0.4, -0.2) is 37.8 Å². The normalized spacial score (nSPS) is 19.5. The van der Waals surface area contributed by atoms with Gasteiger partial charge in [0.2, 0.25) is 0 Å². The Morgan fingerprint density at radius 3 is 2.65 bits per heavy atom. The molecule has 1 fully saturated rings. The lowest BCUT2D eigenvalue weighted by molar-refractivity contribution is 0.0941. The van der Waals surface area contributed by atoms with Gasteiger partial charge in [0.1, 0.15) is 9.88 Å². The van der Waals surface area contributed by atoms with E-state index in [2.05, 4.69) is 10.6 Å². The Bertz CT molecular complexity index is 1330. The highest BCUT2D eigenvalue weighted by Gasteiger charge is 2.33. The zero-order chi connectivity index (χ0) is 21.8. The Balaban J connectivity index is 1.43. The summed E-state index contributed by atoms with van der Waals surface area (Å²) in [6.45, 7) is 0. The van der Waals surface area contributed by atoms with Gasteiger partial charge in [0.15, 0.2) is 9.84 Å². The third kappa shape index (κ3) is 3.88. The minimum absolute atomic E-state index is 0.0375. The average Bonchev–Trinajstić information content (AvgIpc) is 3.45. The second-order valence-electron chi connectivity index (χ2n) is 7.83. The predicted octanol–water partition coefficient (Wildman–Crippen LogP) is 4.27. The zero-order valence-corrected chi connectivity index (χ0v) is 19.6. The van der Waals surface area contributed by atoms with Gasteiger partial charge in [0.05, 0.1) is 22.1 Å². The summed E-state index contributed by atoms with van der Waals surface area (Å²) >= 11 is 9.19. The number of hydrogen-bond donors (Lipinski definition) is 2. The Morgan fingerprint density at radius 2 is 1.90 bits per heavy atom. The molecule has 1 aliphatic heterocycles. The van der Waals surface area contributed by atoms with Crippen LogP contribution in [-0.2, 0) is 22.7 Å². The van der Waals surface area contributed by atoms with Crippen LogP contribution in [0.25, 0.3) is 10.1 Å². The molecule has 5 rings (SSSR count). The molecule has 3 aromatic rings. The van der Waals surface area contributed by atoms with Crippen LogP contribution in [0.2, 0.25) is 5.02 Å². The first-order chi connectivity index (χ1) is 14.8. The molecule has 31 heavy (non-hydrogen) atoms. The van der Waals surface area contributed by atoms with Gasteiger partial charge in [-0.2, -0.15) is 0 Å². The molecule has 0 spiro atoms. The first-order valence-corrected chi connectivity index (χ1v) is 13.8. The summed E-state index contributed by atoms with van der Waals surface area (Å²) < 4.78 is 24.4. The van der Waals surface area contributed by atoms with E-state index in [4.69, 9.17) is 11.6 Å². The van der Waals surface area contributed by atoms with Crippen molar-refractivity contribution in [3.63, 3.8) is 0 Å². The van der Waals surface area contributed by atoms with Crippen molar-refractivity contribution < 1.29 is 18.0 Å². The molecule has 2 aromatic heterocycles. The van der Waals surface area contributed by atoms with Gasteiger partial charge in [-0.3, -0.25) is 9.59 Å². The molecular weight excluding hydrogens is 476 g/mol. The lowest BCUT2D eigenvalue weighted by Gasteiger charge is -2.13. The molecule has 0 radical (unpaired) electrons. The molecule has 0 bridgehead atoms. The van der Waals surface area contributed by atoms with Crippen LogP contribution in [0.15, 0.2) is 24.3 Å². The standard InChI is InChI=1S/C21H19ClN2O4S3/c22-17-13-4-1-2-6-15(13)29-18(17)20(26)24-21-16(12-5-3-7-14(12)30-21)19(25)23-11-8-9-31(27,28)10-11/h1-2,4,6,11H,3,5,7-10H2,(H,23,25)(H,24,26)/t11-/m1/s1. The molecule has 2 amide bonds. The van der Waals surface area contributed by atoms with E-state index < -0.39 is 15.9 Å². The highest BCUT2D eigenvalue weighted by atomic mass is 35.5. The van der Waals surface area contributed by atoms with Gasteiger partial charge in [-0.15, -0.1) is 22.7 Å². The molecule has 6 nitrogen and oxygen atoms in total. The van der Waals surface area contributed by atoms with E-state index in [9.17, 15) is 18.0 Å². The number of hydrogen-bond acceptors (Lipinski definition) is 6. The molecule has 0 saturated carbocycles. The minimum Gasteiger partial charge on any atom is -0.348 e. The SMILES string of the molecule is O=C(Nc1sc2c(c1C(=O)N[C@@H]1CCS(=O)(=O)C1)CCC2)c1sc2ccccc2c1Cl. The topological polar surface area (TPSA) is 92.3 Å². The molecule has 1 aromatic carbocycles. The lowest BCUT2D eigenvalue weighted by atomic mass is 10.1. The Hall–Kier alpha value is -1.94. The van der Waals surface area contributed by atoms with Gasteiger partial charge in [-0.1, -0.05) is 29.8 Å². The number of benzene rings is 1. The summed E-state index contributed by atoms with van der Waals surface area (Å²) in [6.07, 6.45) is 3.03. The molecule has 3 heterocycles. The molecule has 2 aliphatic rings. The second kappa shape index (κ2) is 7.88. The summed E-state index contributed by atoms with van der Waals surface area (Å²) in [5, 5.41) is 7.51. The van der Waals surface area contributed by atoms with Gasteiger partial charge in [-0.05, 0) is 37.3 Å². The van der Waals surface area contributed by atoms with Crippen LogP contribution in [0.1, 0.15) is 43.3 Å². The number of sulfone groups is 1. The fraction of sp³-hybridized carbons (Fsp3) is 0.333. The van der Waals surface area contributed by atoms with Crippen LogP contribution in [0, 0.1) is 0 Å². The van der Waals surface area contributed by atoms with Gasteiger partial charge < -0.3 is 10.6 Å². The Morgan fingerprint density at radius 1 is 1.10 bits per heavy atom. The third-order valence-electron chi connectivity index (χ3n) is 5.68. The molecule has 1 aliphatic carbocycles. The van der Waals surface area contributed by atoms with Crippen molar-refractivity contribution in [1.29, 1.82) is 0 Å². The van der Waals surface area contributed by atoms with Crippen molar-refractivity contribution in [2.75, 3.05) is 16.8 Å². The number of nitrogens with one attached hydrogen (secondary N) is 2. The number of carbonyl (C=O) groups excluding carboxylic acids is 2. The Kier molecular flexibility index (Phi) is 5.32. The molecule has 1 saturated heterocycles. The second-order valence-corrected chi connectivity index (χ2v) is 12.6. The van der Waals surface area contributed by atoms with Crippen LogP contribution >= 0.6 is 34.3 Å². The van der Waals surface area contributed by atoms with E-state index in [0.29, 0.717) is 26.9 Å². The van der Waals surface area contributed by atoms with Gasteiger partial charge in [-0.25, -0.2) is 8.42 Å². The number of carbonyl (C=O) groups is 2. The van der Waals surface area contributed by atoms with E-state index in [1.54, 1.807) is 0 Å². The number of aryl methyl sites for hydroxylation is 1. The lowest BCUT2D eigenvalue weighted by Crippen LogP contribution is -2.36. The highest BCUT2D eigenvalue weighted by Crippen LogP contribution is 2.41. The van der Waals surface area contributed by atoms with Crippen molar-refractivity contribution in [2.24, 2.45) is 0 Å². The fourth-order valence-electron chi connectivity index (χ4n) is 4.22. The molecule has 10 heteroatoms. The maximum absolute atomic E-state index is 13.1. The van der Waals surface area contributed by atoms with Gasteiger partial charge in [0, 0.05) is 21.0 Å². The quantitative estimate of drug-likeness (QED) is 0.566. The summed E-state index contributed by atoms with van der Waals surface area (Å²) in [5.74, 6) is -0.611. The first kappa shape index (κ1) is 20.9.